The first-order valence-electron chi connectivity index (χ1n) is 9.33. The summed E-state index contributed by atoms with van der Waals surface area (Å²) in [4.78, 5) is 18.1. The van der Waals surface area contributed by atoms with E-state index in [1.54, 1.807) is 55.6 Å². The molecule has 0 unspecified atom stereocenters. The molecule has 0 amide bonds. The van der Waals surface area contributed by atoms with Crippen molar-refractivity contribution in [1.82, 2.24) is 9.55 Å². The number of aromatic nitrogens is 2. The van der Waals surface area contributed by atoms with Crippen molar-refractivity contribution in [3.8, 4) is 17.2 Å². The number of hydrogen-bond acceptors (Lipinski definition) is 5. The zero-order valence-electron chi connectivity index (χ0n) is 16.8. The lowest BCUT2D eigenvalue weighted by atomic mass is 10.2. The van der Waals surface area contributed by atoms with Gasteiger partial charge in [0, 0.05) is 22.4 Å². The Hall–Kier alpha value is -3.03. The van der Waals surface area contributed by atoms with Crippen LogP contribution in [0.3, 0.4) is 0 Å². The predicted octanol–water partition coefficient (Wildman–Crippen LogP) is 5.49. The summed E-state index contributed by atoms with van der Waals surface area (Å²) < 4.78 is 26.5. The molecule has 3 aromatic carbocycles. The Morgan fingerprint density at radius 1 is 1.06 bits per heavy atom. The molecule has 5 nitrogen and oxygen atoms in total. The van der Waals surface area contributed by atoms with E-state index in [4.69, 9.17) is 21.1 Å². The molecule has 4 aromatic rings. The Labute approximate surface area is 187 Å². The third-order valence-corrected chi connectivity index (χ3v) is 6.10. The van der Waals surface area contributed by atoms with Crippen molar-refractivity contribution < 1.29 is 13.9 Å². The van der Waals surface area contributed by atoms with Crippen molar-refractivity contribution in [2.45, 2.75) is 10.9 Å². The van der Waals surface area contributed by atoms with E-state index < -0.39 is 5.82 Å². The van der Waals surface area contributed by atoms with Crippen molar-refractivity contribution >= 4 is 34.3 Å². The van der Waals surface area contributed by atoms with Gasteiger partial charge in [0.1, 0.15) is 17.3 Å². The maximum atomic E-state index is 14.3. The molecule has 0 radical (unpaired) electrons. The molecular weight excluding hydrogens is 439 g/mol. The van der Waals surface area contributed by atoms with Gasteiger partial charge in [-0.15, -0.1) is 0 Å². The number of para-hydroxylation sites is 1. The van der Waals surface area contributed by atoms with E-state index in [1.807, 2.05) is 6.07 Å². The van der Waals surface area contributed by atoms with Crippen molar-refractivity contribution in [2.75, 3.05) is 14.2 Å². The number of hydrogen-bond donors (Lipinski definition) is 0. The van der Waals surface area contributed by atoms with Crippen molar-refractivity contribution in [3.63, 3.8) is 0 Å². The molecule has 158 valence electrons. The van der Waals surface area contributed by atoms with Crippen LogP contribution in [0.1, 0.15) is 5.56 Å². The van der Waals surface area contributed by atoms with Crippen LogP contribution in [0.25, 0.3) is 16.6 Å². The second-order valence-electron chi connectivity index (χ2n) is 6.58. The fourth-order valence-electron chi connectivity index (χ4n) is 3.20. The molecule has 0 fully saturated rings. The number of fused-ring (bicyclic) bond motifs is 1. The van der Waals surface area contributed by atoms with E-state index >= 15 is 0 Å². The Kier molecular flexibility index (Phi) is 6.15. The Morgan fingerprint density at radius 3 is 2.61 bits per heavy atom. The maximum Gasteiger partial charge on any atom is 0.266 e. The van der Waals surface area contributed by atoms with Gasteiger partial charge in [-0.3, -0.25) is 9.36 Å². The number of rotatable bonds is 6. The molecule has 0 atom stereocenters. The topological polar surface area (TPSA) is 53.4 Å². The molecule has 1 aromatic heterocycles. The third-order valence-electron chi connectivity index (χ3n) is 4.78. The highest BCUT2D eigenvalue weighted by Crippen LogP contribution is 2.33. The summed E-state index contributed by atoms with van der Waals surface area (Å²) >= 11 is 7.41. The van der Waals surface area contributed by atoms with Crippen molar-refractivity contribution in [3.05, 3.63) is 87.4 Å². The van der Waals surface area contributed by atoms with E-state index in [2.05, 4.69) is 4.98 Å². The number of thioether (sulfide) groups is 1. The average Bonchev–Trinajstić information content (AvgIpc) is 2.78. The third kappa shape index (κ3) is 4.11. The van der Waals surface area contributed by atoms with Gasteiger partial charge >= 0.3 is 0 Å². The fourth-order valence-corrected chi connectivity index (χ4v) is 4.55. The van der Waals surface area contributed by atoms with E-state index in [0.29, 0.717) is 43.8 Å². The lowest BCUT2D eigenvalue weighted by Crippen LogP contribution is -2.22. The zero-order valence-corrected chi connectivity index (χ0v) is 18.3. The largest absolute Gasteiger partial charge is 0.497 e. The number of benzene rings is 3. The molecule has 0 saturated carbocycles. The number of methoxy groups -OCH3 is 2. The minimum Gasteiger partial charge on any atom is -0.497 e. The fraction of sp³-hybridized carbons (Fsp3) is 0.130. The van der Waals surface area contributed by atoms with Crippen LogP contribution in [0.4, 0.5) is 4.39 Å². The quantitative estimate of drug-likeness (QED) is 0.284. The first kappa shape index (κ1) is 21.2. The van der Waals surface area contributed by atoms with Crippen LogP contribution in [-0.2, 0) is 5.75 Å². The Balaban J connectivity index is 1.90. The van der Waals surface area contributed by atoms with Crippen LogP contribution in [-0.4, -0.2) is 23.8 Å². The highest BCUT2D eigenvalue weighted by molar-refractivity contribution is 7.98. The monoisotopic (exact) mass is 456 g/mol. The molecule has 8 heteroatoms. The molecular formula is C23H18ClFN2O3S. The van der Waals surface area contributed by atoms with Gasteiger partial charge in [-0.25, -0.2) is 9.37 Å². The number of ether oxygens (including phenoxy) is 2. The first-order valence-corrected chi connectivity index (χ1v) is 10.7. The predicted molar refractivity (Wildman–Crippen MR) is 121 cm³/mol. The molecule has 31 heavy (non-hydrogen) atoms. The van der Waals surface area contributed by atoms with Crippen LogP contribution in [0.2, 0.25) is 5.02 Å². The van der Waals surface area contributed by atoms with Crippen molar-refractivity contribution in [2.24, 2.45) is 0 Å². The first-order chi connectivity index (χ1) is 15.0. The average molecular weight is 457 g/mol. The molecule has 0 aliphatic rings. The summed E-state index contributed by atoms with van der Waals surface area (Å²) in [5.41, 5.74) is 1.16. The van der Waals surface area contributed by atoms with Crippen LogP contribution in [0, 0.1) is 5.82 Å². The summed E-state index contributed by atoms with van der Waals surface area (Å²) in [6, 6.07) is 16.8. The second-order valence-corrected chi connectivity index (χ2v) is 7.93. The normalized spacial score (nSPS) is 11.0. The molecule has 4 rings (SSSR count). The second kappa shape index (κ2) is 8.99. The van der Waals surface area contributed by atoms with Crippen LogP contribution >= 0.6 is 23.4 Å². The summed E-state index contributed by atoms with van der Waals surface area (Å²) in [5.74, 6) is 0.838. The van der Waals surface area contributed by atoms with Gasteiger partial charge in [0.25, 0.3) is 5.56 Å². The lowest BCUT2D eigenvalue weighted by molar-refractivity contribution is 0.392. The van der Waals surface area contributed by atoms with Crippen LogP contribution in [0.15, 0.2) is 70.6 Å². The maximum absolute atomic E-state index is 14.3. The van der Waals surface area contributed by atoms with Gasteiger partial charge in [-0.2, -0.15) is 0 Å². The standard InChI is InChI=1S/C23H18ClFN2O3S/c1-29-14-10-11-20(21(12-14)30-2)27-22(28)15-6-3-4-9-19(15)26-23(27)31-13-16-17(24)7-5-8-18(16)25/h3-12H,13H2,1-2H3. The van der Waals surface area contributed by atoms with E-state index in [-0.39, 0.29) is 11.3 Å². The molecule has 0 saturated heterocycles. The molecule has 0 bridgehead atoms. The smallest absolute Gasteiger partial charge is 0.266 e. The zero-order chi connectivity index (χ0) is 22.0. The van der Waals surface area contributed by atoms with Gasteiger partial charge in [-0.05, 0) is 36.4 Å². The number of nitrogens with zero attached hydrogens (tertiary/aromatic N) is 2. The lowest BCUT2D eigenvalue weighted by Gasteiger charge is -2.17. The van der Waals surface area contributed by atoms with Crippen LogP contribution < -0.4 is 15.0 Å². The highest BCUT2D eigenvalue weighted by Gasteiger charge is 2.18. The Morgan fingerprint density at radius 2 is 1.87 bits per heavy atom. The Bertz CT molecular complexity index is 1310. The van der Waals surface area contributed by atoms with E-state index in [1.165, 1.54) is 29.5 Å². The van der Waals surface area contributed by atoms with E-state index in [0.717, 1.165) is 0 Å². The molecule has 0 aliphatic heterocycles. The highest BCUT2D eigenvalue weighted by atomic mass is 35.5. The van der Waals surface area contributed by atoms with Crippen molar-refractivity contribution in [1.29, 1.82) is 0 Å². The number of halogens is 2. The summed E-state index contributed by atoms with van der Waals surface area (Å²) in [7, 11) is 3.07. The summed E-state index contributed by atoms with van der Waals surface area (Å²) in [6.07, 6.45) is 0. The SMILES string of the molecule is COc1ccc(-n2c(SCc3c(F)cccc3Cl)nc3ccccc3c2=O)c(OC)c1. The minimum absolute atomic E-state index is 0.203. The van der Waals surface area contributed by atoms with Gasteiger partial charge < -0.3 is 9.47 Å². The molecule has 0 spiro atoms. The van der Waals surface area contributed by atoms with Crippen LogP contribution in [0.5, 0.6) is 11.5 Å². The summed E-state index contributed by atoms with van der Waals surface area (Å²) in [6.45, 7) is 0. The molecule has 1 heterocycles. The molecule has 0 N–H and O–H groups in total. The van der Waals surface area contributed by atoms with E-state index in [9.17, 15) is 9.18 Å². The van der Waals surface area contributed by atoms with Gasteiger partial charge in [0.15, 0.2) is 5.16 Å². The van der Waals surface area contributed by atoms with Gasteiger partial charge in [0.05, 0.1) is 30.8 Å². The molecule has 0 aliphatic carbocycles. The van der Waals surface area contributed by atoms with Gasteiger partial charge in [-0.1, -0.05) is 41.6 Å². The minimum atomic E-state index is -0.406. The van der Waals surface area contributed by atoms with Gasteiger partial charge in [0.2, 0.25) is 0 Å². The summed E-state index contributed by atoms with van der Waals surface area (Å²) in [5, 5.41) is 1.18.